The lowest BCUT2D eigenvalue weighted by atomic mass is 9.94. The number of carboxylic acid groups (broad SMARTS) is 1. The molecule has 80 valence electrons. The van der Waals surface area contributed by atoms with Gasteiger partial charge in [0.2, 0.25) is 0 Å². The van der Waals surface area contributed by atoms with E-state index in [0.717, 1.165) is 23.3 Å². The Kier molecular flexibility index (Phi) is 2.60. The Bertz CT molecular complexity index is 389. The number of carboxylic acids is 1. The Morgan fingerprint density at radius 2 is 2.40 bits per heavy atom. The molecule has 0 unspecified atom stereocenters. The highest BCUT2D eigenvalue weighted by molar-refractivity contribution is 5.76. The molecule has 4 heteroatoms. The molecule has 1 aromatic rings. The van der Waals surface area contributed by atoms with Crippen molar-refractivity contribution in [3.8, 4) is 5.75 Å². The van der Waals surface area contributed by atoms with E-state index in [1.165, 1.54) is 0 Å². The van der Waals surface area contributed by atoms with Gasteiger partial charge in [-0.3, -0.25) is 4.79 Å². The molecule has 1 atom stereocenters. The summed E-state index contributed by atoms with van der Waals surface area (Å²) in [6.07, 6.45) is 0.844. The number of aliphatic carboxylic acids is 1. The number of ether oxygens (including phenoxy) is 1. The van der Waals surface area contributed by atoms with Gasteiger partial charge in [-0.15, -0.1) is 0 Å². The summed E-state index contributed by atoms with van der Waals surface area (Å²) >= 11 is 0. The first kappa shape index (κ1) is 9.98. The topological polar surface area (TPSA) is 58.6 Å². The van der Waals surface area contributed by atoms with Crippen molar-refractivity contribution >= 4 is 5.97 Å². The molecule has 0 radical (unpaired) electrons. The summed E-state index contributed by atoms with van der Waals surface area (Å²) in [6.45, 7) is 0.692. The van der Waals surface area contributed by atoms with Crippen LogP contribution in [-0.2, 0) is 11.2 Å². The van der Waals surface area contributed by atoms with Gasteiger partial charge in [-0.25, -0.2) is 0 Å². The minimum Gasteiger partial charge on any atom is -0.497 e. The van der Waals surface area contributed by atoms with Crippen LogP contribution in [0.25, 0.3) is 0 Å². The largest absolute Gasteiger partial charge is 0.497 e. The third-order valence-corrected chi connectivity index (χ3v) is 2.65. The molecule has 0 spiro atoms. The summed E-state index contributed by atoms with van der Waals surface area (Å²) in [5.41, 5.74) is 1.90. The maximum Gasteiger partial charge on any atom is 0.325 e. The Hall–Kier alpha value is -1.55. The van der Waals surface area contributed by atoms with Crippen LogP contribution in [0.2, 0.25) is 0 Å². The zero-order valence-electron chi connectivity index (χ0n) is 8.49. The van der Waals surface area contributed by atoms with Crippen LogP contribution in [0.4, 0.5) is 0 Å². The van der Waals surface area contributed by atoms with Crippen molar-refractivity contribution in [2.45, 2.75) is 12.5 Å². The fraction of sp³-hybridized carbons (Fsp3) is 0.364. The number of nitrogens with one attached hydrogen (secondary N) is 1. The summed E-state index contributed by atoms with van der Waals surface area (Å²) in [6, 6.07) is 4.94. The zero-order chi connectivity index (χ0) is 10.8. The van der Waals surface area contributed by atoms with E-state index in [1.54, 1.807) is 13.2 Å². The first-order valence-corrected chi connectivity index (χ1v) is 4.85. The first-order chi connectivity index (χ1) is 7.22. The van der Waals surface area contributed by atoms with Crippen LogP contribution < -0.4 is 10.1 Å². The molecular weight excluding hydrogens is 194 g/mol. The Morgan fingerprint density at radius 3 is 3.07 bits per heavy atom. The maximum atomic E-state index is 11.0. The van der Waals surface area contributed by atoms with Gasteiger partial charge in [-0.1, -0.05) is 6.07 Å². The molecule has 0 saturated carbocycles. The number of rotatable bonds is 2. The summed E-state index contributed by atoms with van der Waals surface area (Å²) < 4.78 is 5.11. The average molecular weight is 207 g/mol. The normalized spacial score (nSPS) is 19.4. The minimum atomic E-state index is -0.832. The van der Waals surface area contributed by atoms with E-state index >= 15 is 0 Å². The van der Waals surface area contributed by atoms with E-state index in [9.17, 15) is 4.79 Å². The van der Waals surface area contributed by atoms with E-state index in [-0.39, 0.29) is 0 Å². The molecule has 0 aromatic heterocycles. The van der Waals surface area contributed by atoms with E-state index in [0.29, 0.717) is 6.54 Å². The monoisotopic (exact) mass is 207 g/mol. The van der Waals surface area contributed by atoms with Gasteiger partial charge in [0.05, 0.1) is 7.11 Å². The van der Waals surface area contributed by atoms with Gasteiger partial charge in [0.15, 0.2) is 0 Å². The molecule has 0 aliphatic carbocycles. The third-order valence-electron chi connectivity index (χ3n) is 2.65. The van der Waals surface area contributed by atoms with E-state index in [2.05, 4.69) is 5.32 Å². The summed E-state index contributed by atoms with van der Waals surface area (Å²) in [5, 5.41) is 12.0. The maximum absolute atomic E-state index is 11.0. The van der Waals surface area contributed by atoms with Gasteiger partial charge in [-0.2, -0.15) is 0 Å². The fourth-order valence-electron chi connectivity index (χ4n) is 1.89. The molecule has 0 fully saturated rings. The molecule has 4 nitrogen and oxygen atoms in total. The predicted molar refractivity (Wildman–Crippen MR) is 55.1 cm³/mol. The van der Waals surface area contributed by atoms with Gasteiger partial charge < -0.3 is 15.2 Å². The van der Waals surface area contributed by atoms with Crippen LogP contribution in [0.1, 0.15) is 17.2 Å². The van der Waals surface area contributed by atoms with Crippen molar-refractivity contribution in [1.82, 2.24) is 5.32 Å². The molecule has 1 heterocycles. The number of hydrogen-bond acceptors (Lipinski definition) is 3. The number of hydrogen-bond donors (Lipinski definition) is 2. The van der Waals surface area contributed by atoms with Gasteiger partial charge >= 0.3 is 5.97 Å². The van der Waals surface area contributed by atoms with Crippen molar-refractivity contribution in [2.75, 3.05) is 13.7 Å². The Balaban J connectivity index is 2.40. The predicted octanol–water partition coefficient (Wildman–Crippen LogP) is 0.967. The quantitative estimate of drug-likeness (QED) is 0.758. The molecule has 0 saturated heterocycles. The smallest absolute Gasteiger partial charge is 0.325 e. The molecule has 1 aliphatic heterocycles. The Labute approximate surface area is 87.9 Å². The summed E-state index contributed by atoms with van der Waals surface area (Å²) in [4.78, 5) is 11.0. The van der Waals surface area contributed by atoms with Crippen molar-refractivity contribution in [3.63, 3.8) is 0 Å². The molecule has 0 bridgehead atoms. The van der Waals surface area contributed by atoms with Crippen molar-refractivity contribution < 1.29 is 14.6 Å². The van der Waals surface area contributed by atoms with Crippen LogP contribution in [-0.4, -0.2) is 24.7 Å². The SMILES string of the molecule is COc1ccc2c(c1)CCN[C@H]2C(=O)O. The highest BCUT2D eigenvalue weighted by Crippen LogP contribution is 2.26. The van der Waals surface area contributed by atoms with Crippen molar-refractivity contribution in [1.29, 1.82) is 0 Å². The van der Waals surface area contributed by atoms with Crippen LogP contribution in [0.15, 0.2) is 18.2 Å². The average Bonchev–Trinajstić information content (AvgIpc) is 2.27. The molecular formula is C11H13NO3. The van der Waals surface area contributed by atoms with Crippen LogP contribution in [0.5, 0.6) is 5.75 Å². The fourth-order valence-corrected chi connectivity index (χ4v) is 1.89. The van der Waals surface area contributed by atoms with Gasteiger partial charge in [0, 0.05) is 6.54 Å². The number of carbonyl (C=O) groups is 1. The molecule has 0 amide bonds. The summed E-state index contributed by atoms with van der Waals surface area (Å²) in [5.74, 6) is -0.0547. The second-order valence-electron chi connectivity index (χ2n) is 3.54. The lowest BCUT2D eigenvalue weighted by Gasteiger charge is -2.24. The number of fused-ring (bicyclic) bond motifs is 1. The molecule has 1 aromatic carbocycles. The van der Waals surface area contributed by atoms with Gasteiger partial charge in [0.25, 0.3) is 0 Å². The van der Waals surface area contributed by atoms with Crippen molar-refractivity contribution in [2.24, 2.45) is 0 Å². The van der Waals surface area contributed by atoms with Crippen LogP contribution in [0.3, 0.4) is 0 Å². The standard InChI is InChI=1S/C11H13NO3/c1-15-8-2-3-9-7(6-8)4-5-12-10(9)11(13)14/h2-3,6,10,12H,4-5H2,1H3,(H,13,14)/t10-/m1/s1. The molecule has 2 rings (SSSR count). The number of benzene rings is 1. The molecule has 2 N–H and O–H groups in total. The van der Waals surface area contributed by atoms with E-state index < -0.39 is 12.0 Å². The van der Waals surface area contributed by atoms with E-state index in [1.807, 2.05) is 12.1 Å². The minimum absolute atomic E-state index is 0.584. The van der Waals surface area contributed by atoms with Gasteiger partial charge in [-0.05, 0) is 29.7 Å². The zero-order valence-corrected chi connectivity index (χ0v) is 8.49. The Morgan fingerprint density at radius 1 is 1.60 bits per heavy atom. The first-order valence-electron chi connectivity index (χ1n) is 4.85. The highest BCUT2D eigenvalue weighted by atomic mass is 16.5. The van der Waals surface area contributed by atoms with Crippen LogP contribution in [0, 0.1) is 0 Å². The van der Waals surface area contributed by atoms with Crippen LogP contribution >= 0.6 is 0 Å². The lowest BCUT2D eigenvalue weighted by molar-refractivity contribution is -0.139. The second-order valence-corrected chi connectivity index (χ2v) is 3.54. The lowest BCUT2D eigenvalue weighted by Crippen LogP contribution is -2.34. The van der Waals surface area contributed by atoms with Crippen molar-refractivity contribution in [3.05, 3.63) is 29.3 Å². The molecule has 15 heavy (non-hydrogen) atoms. The molecule has 1 aliphatic rings. The summed E-state index contributed by atoms with van der Waals surface area (Å²) in [7, 11) is 1.61. The third kappa shape index (κ3) is 1.80. The second kappa shape index (κ2) is 3.90. The number of methoxy groups -OCH3 is 1. The van der Waals surface area contributed by atoms with E-state index in [4.69, 9.17) is 9.84 Å². The highest BCUT2D eigenvalue weighted by Gasteiger charge is 2.25. The van der Waals surface area contributed by atoms with Gasteiger partial charge in [0.1, 0.15) is 11.8 Å².